The summed E-state index contributed by atoms with van der Waals surface area (Å²) in [5.41, 5.74) is 11.0. The number of benzene rings is 2. The van der Waals surface area contributed by atoms with Gasteiger partial charge in [-0.3, -0.25) is 4.79 Å². The predicted molar refractivity (Wildman–Crippen MR) is 86.3 cm³/mol. The van der Waals surface area contributed by atoms with Gasteiger partial charge >= 0.3 is 0 Å². The van der Waals surface area contributed by atoms with Crippen molar-refractivity contribution in [3.8, 4) is 6.07 Å². The molecule has 22 heavy (non-hydrogen) atoms. The highest BCUT2D eigenvalue weighted by Crippen LogP contribution is 2.31. The number of rotatable bonds is 2. The molecule has 1 heterocycles. The lowest BCUT2D eigenvalue weighted by molar-refractivity contribution is -0.119. The molecule has 0 aliphatic carbocycles. The number of carbonyl (C=O) groups is 1. The Morgan fingerprint density at radius 3 is 2.86 bits per heavy atom. The fraction of sp³-hybridized carbons (Fsp3) is 0.222. The van der Waals surface area contributed by atoms with Crippen molar-refractivity contribution >= 4 is 17.3 Å². The van der Waals surface area contributed by atoms with Gasteiger partial charge in [0.25, 0.3) is 0 Å². The summed E-state index contributed by atoms with van der Waals surface area (Å²) in [6, 6.07) is 13.6. The third-order valence-corrected chi connectivity index (χ3v) is 4.10. The highest BCUT2D eigenvalue weighted by molar-refractivity contribution is 5.96. The van der Waals surface area contributed by atoms with Crippen LogP contribution in [0.1, 0.15) is 28.7 Å². The molecule has 0 radical (unpaired) electrons. The van der Waals surface area contributed by atoms with Crippen LogP contribution in [-0.4, -0.2) is 5.91 Å². The number of nitriles is 1. The molecule has 1 aliphatic heterocycles. The van der Waals surface area contributed by atoms with Gasteiger partial charge in [-0.15, -0.1) is 0 Å². The van der Waals surface area contributed by atoms with E-state index >= 15 is 0 Å². The summed E-state index contributed by atoms with van der Waals surface area (Å²) in [5.74, 6) is 0.0858. The molecule has 110 valence electrons. The fourth-order valence-corrected chi connectivity index (χ4v) is 2.94. The Kier molecular flexibility index (Phi) is 3.56. The molecular weight excluding hydrogens is 274 g/mol. The summed E-state index contributed by atoms with van der Waals surface area (Å²) in [5, 5.41) is 9.36. The largest absolute Gasteiger partial charge is 0.399 e. The number of anilines is 2. The van der Waals surface area contributed by atoms with Crippen molar-refractivity contribution in [2.75, 3.05) is 10.6 Å². The van der Waals surface area contributed by atoms with Crippen LogP contribution in [-0.2, 0) is 17.8 Å². The molecule has 0 fully saturated rings. The van der Waals surface area contributed by atoms with E-state index in [0.717, 1.165) is 22.4 Å². The van der Waals surface area contributed by atoms with Crippen LogP contribution in [0.25, 0.3) is 0 Å². The number of nitrogens with two attached hydrogens (primary N) is 1. The molecule has 0 bridgehead atoms. The minimum absolute atomic E-state index is 0.0858. The fourth-order valence-electron chi connectivity index (χ4n) is 2.94. The Hall–Kier alpha value is -2.80. The molecule has 0 saturated carbocycles. The minimum atomic E-state index is 0.0858. The van der Waals surface area contributed by atoms with Gasteiger partial charge in [-0.2, -0.15) is 5.26 Å². The molecule has 2 aromatic rings. The lowest BCUT2D eigenvalue weighted by Gasteiger charge is -2.30. The standard InChI is InChI=1S/C18H17N3O/c1-12-3-2-4-14(16(12)10-19)11-21-17-7-6-15(20)9-13(17)5-8-18(21)22/h2-4,6-7,9H,5,8,11,20H2,1H3. The summed E-state index contributed by atoms with van der Waals surface area (Å²) in [6.07, 6.45) is 1.19. The van der Waals surface area contributed by atoms with Gasteiger partial charge in [-0.1, -0.05) is 18.2 Å². The van der Waals surface area contributed by atoms with Crippen LogP contribution < -0.4 is 10.6 Å². The molecule has 4 nitrogen and oxygen atoms in total. The number of aryl methyl sites for hydroxylation is 2. The van der Waals surface area contributed by atoms with E-state index in [1.54, 1.807) is 4.90 Å². The second kappa shape index (κ2) is 5.53. The van der Waals surface area contributed by atoms with Crippen molar-refractivity contribution in [3.05, 3.63) is 58.7 Å². The average Bonchev–Trinajstić information content (AvgIpc) is 2.50. The second-order valence-electron chi connectivity index (χ2n) is 5.59. The molecular formula is C18H17N3O. The first-order chi connectivity index (χ1) is 10.6. The molecule has 4 heteroatoms. The van der Waals surface area contributed by atoms with Crippen LogP contribution in [0.3, 0.4) is 0 Å². The zero-order valence-corrected chi connectivity index (χ0v) is 12.5. The number of hydrogen-bond donors (Lipinski definition) is 1. The van der Waals surface area contributed by atoms with Gasteiger partial charge in [0.2, 0.25) is 5.91 Å². The lowest BCUT2D eigenvalue weighted by Crippen LogP contribution is -2.34. The quantitative estimate of drug-likeness (QED) is 0.865. The van der Waals surface area contributed by atoms with Crippen molar-refractivity contribution in [1.29, 1.82) is 5.26 Å². The first-order valence-corrected chi connectivity index (χ1v) is 7.27. The topological polar surface area (TPSA) is 70.1 Å². The normalized spacial score (nSPS) is 13.6. The molecule has 0 unspecified atom stereocenters. The van der Waals surface area contributed by atoms with Crippen LogP contribution in [0.5, 0.6) is 0 Å². The molecule has 1 amide bonds. The third-order valence-electron chi connectivity index (χ3n) is 4.10. The van der Waals surface area contributed by atoms with Gasteiger partial charge in [-0.25, -0.2) is 0 Å². The maximum absolute atomic E-state index is 12.3. The van der Waals surface area contributed by atoms with Gasteiger partial charge < -0.3 is 10.6 Å². The molecule has 2 aromatic carbocycles. The van der Waals surface area contributed by atoms with E-state index in [-0.39, 0.29) is 5.91 Å². The van der Waals surface area contributed by atoms with Crippen LogP contribution in [0.15, 0.2) is 36.4 Å². The van der Waals surface area contributed by atoms with E-state index < -0.39 is 0 Å². The molecule has 0 atom stereocenters. The molecule has 0 saturated heterocycles. The number of nitrogens with zero attached hydrogens (tertiary/aromatic N) is 2. The summed E-state index contributed by atoms with van der Waals surface area (Å²) >= 11 is 0. The number of hydrogen-bond acceptors (Lipinski definition) is 3. The van der Waals surface area contributed by atoms with E-state index in [4.69, 9.17) is 5.73 Å². The van der Waals surface area contributed by atoms with Gasteiger partial charge in [-0.05, 0) is 48.2 Å². The van der Waals surface area contributed by atoms with Gasteiger partial charge in [0.15, 0.2) is 0 Å². The first-order valence-electron chi connectivity index (χ1n) is 7.27. The molecule has 3 rings (SSSR count). The number of nitrogen functional groups attached to an aromatic ring is 1. The Bertz CT molecular complexity index is 789. The lowest BCUT2D eigenvalue weighted by atomic mass is 9.98. The van der Waals surface area contributed by atoms with E-state index in [2.05, 4.69) is 6.07 Å². The van der Waals surface area contributed by atoms with E-state index in [9.17, 15) is 10.1 Å². The van der Waals surface area contributed by atoms with Crippen LogP contribution >= 0.6 is 0 Å². The summed E-state index contributed by atoms with van der Waals surface area (Å²) in [4.78, 5) is 14.1. The first kappa shape index (κ1) is 14.2. The summed E-state index contributed by atoms with van der Waals surface area (Å²) < 4.78 is 0. The molecule has 0 spiro atoms. The molecule has 2 N–H and O–H groups in total. The maximum Gasteiger partial charge on any atom is 0.227 e. The minimum Gasteiger partial charge on any atom is -0.399 e. The zero-order chi connectivity index (χ0) is 15.7. The van der Waals surface area contributed by atoms with Crippen LogP contribution in [0.4, 0.5) is 11.4 Å². The van der Waals surface area contributed by atoms with E-state index in [1.807, 2.05) is 43.3 Å². The van der Waals surface area contributed by atoms with Crippen molar-refractivity contribution < 1.29 is 4.79 Å². The van der Waals surface area contributed by atoms with Crippen molar-refractivity contribution in [1.82, 2.24) is 0 Å². The van der Waals surface area contributed by atoms with Gasteiger partial charge in [0.1, 0.15) is 0 Å². The molecule has 0 aromatic heterocycles. The van der Waals surface area contributed by atoms with E-state index in [1.165, 1.54) is 0 Å². The van der Waals surface area contributed by atoms with Crippen molar-refractivity contribution in [2.24, 2.45) is 0 Å². The highest BCUT2D eigenvalue weighted by atomic mass is 16.2. The zero-order valence-electron chi connectivity index (χ0n) is 12.5. The third kappa shape index (κ3) is 2.42. The summed E-state index contributed by atoms with van der Waals surface area (Å²) in [7, 11) is 0. The maximum atomic E-state index is 12.3. The van der Waals surface area contributed by atoms with Crippen LogP contribution in [0, 0.1) is 18.3 Å². The van der Waals surface area contributed by atoms with Crippen molar-refractivity contribution in [3.63, 3.8) is 0 Å². The van der Waals surface area contributed by atoms with Gasteiger partial charge in [0, 0.05) is 17.8 Å². The average molecular weight is 291 g/mol. The summed E-state index contributed by atoms with van der Waals surface area (Å²) in [6.45, 7) is 2.33. The Labute approximate surface area is 129 Å². The smallest absolute Gasteiger partial charge is 0.227 e. The van der Waals surface area contributed by atoms with Crippen molar-refractivity contribution in [2.45, 2.75) is 26.3 Å². The number of carbonyl (C=O) groups excluding carboxylic acids is 1. The van der Waals surface area contributed by atoms with Gasteiger partial charge in [0.05, 0.1) is 18.2 Å². The van der Waals surface area contributed by atoms with E-state index in [0.29, 0.717) is 30.6 Å². The monoisotopic (exact) mass is 291 g/mol. The van der Waals surface area contributed by atoms with Crippen LogP contribution in [0.2, 0.25) is 0 Å². The number of fused-ring (bicyclic) bond motifs is 1. The SMILES string of the molecule is Cc1cccc(CN2C(=O)CCc3cc(N)ccc32)c1C#N. The second-order valence-corrected chi connectivity index (χ2v) is 5.59. The predicted octanol–water partition coefficient (Wildman–Crippen LogP) is 2.93. The Morgan fingerprint density at radius 1 is 1.27 bits per heavy atom. The number of amides is 1. The molecule has 1 aliphatic rings. The Morgan fingerprint density at radius 2 is 2.09 bits per heavy atom. The Balaban J connectivity index is 2.02. The highest BCUT2D eigenvalue weighted by Gasteiger charge is 2.25.